The molecule has 0 fully saturated rings. The van der Waals surface area contributed by atoms with Crippen molar-refractivity contribution in [3.63, 3.8) is 0 Å². The number of ether oxygens (including phenoxy) is 1. The first-order valence-electron chi connectivity index (χ1n) is 7.82. The van der Waals surface area contributed by atoms with Gasteiger partial charge in [-0.15, -0.1) is 0 Å². The van der Waals surface area contributed by atoms with Crippen LogP contribution in [0.2, 0.25) is 5.02 Å². The molecule has 0 radical (unpaired) electrons. The molecule has 0 saturated carbocycles. The molecule has 0 amide bonds. The summed E-state index contributed by atoms with van der Waals surface area (Å²) >= 11 is 6.10. The SMILES string of the molecule is Cc1ccc(CC(=O)OCc2nc(-c3ccccc3Cl)no2)cc1C. The fourth-order valence-electron chi connectivity index (χ4n) is 2.34. The molecule has 0 aliphatic rings. The maximum Gasteiger partial charge on any atom is 0.310 e. The second-order valence-electron chi connectivity index (χ2n) is 5.75. The first kappa shape index (κ1) is 17.2. The molecule has 0 aliphatic carbocycles. The Bertz CT molecular complexity index is 905. The van der Waals surface area contributed by atoms with Gasteiger partial charge in [0.1, 0.15) is 0 Å². The maximum atomic E-state index is 12.0. The van der Waals surface area contributed by atoms with E-state index in [4.69, 9.17) is 20.9 Å². The molecule has 3 rings (SSSR count). The van der Waals surface area contributed by atoms with Crippen molar-refractivity contribution in [2.45, 2.75) is 26.9 Å². The lowest BCUT2D eigenvalue weighted by molar-refractivity contribution is -0.144. The lowest BCUT2D eigenvalue weighted by Crippen LogP contribution is -2.08. The third-order valence-corrected chi connectivity index (χ3v) is 4.19. The van der Waals surface area contributed by atoms with Gasteiger partial charge in [-0.25, -0.2) is 0 Å². The number of halogens is 1. The number of hydrogen-bond acceptors (Lipinski definition) is 5. The Labute approximate surface area is 150 Å². The molecule has 0 atom stereocenters. The van der Waals surface area contributed by atoms with Crippen LogP contribution in [0.25, 0.3) is 11.4 Å². The highest BCUT2D eigenvalue weighted by atomic mass is 35.5. The summed E-state index contributed by atoms with van der Waals surface area (Å²) in [6, 6.07) is 13.1. The zero-order valence-electron chi connectivity index (χ0n) is 14.0. The number of esters is 1. The van der Waals surface area contributed by atoms with Crippen molar-refractivity contribution < 1.29 is 14.1 Å². The number of aromatic nitrogens is 2. The van der Waals surface area contributed by atoms with Crippen molar-refractivity contribution in [2.75, 3.05) is 0 Å². The zero-order valence-corrected chi connectivity index (χ0v) is 14.7. The monoisotopic (exact) mass is 356 g/mol. The summed E-state index contributed by atoms with van der Waals surface area (Å²) in [6.45, 7) is 3.98. The summed E-state index contributed by atoms with van der Waals surface area (Å²) < 4.78 is 10.3. The van der Waals surface area contributed by atoms with Crippen molar-refractivity contribution in [1.29, 1.82) is 0 Å². The van der Waals surface area contributed by atoms with Crippen molar-refractivity contribution in [3.05, 3.63) is 70.1 Å². The van der Waals surface area contributed by atoms with Crippen LogP contribution in [0.3, 0.4) is 0 Å². The van der Waals surface area contributed by atoms with Gasteiger partial charge in [0.2, 0.25) is 5.82 Å². The first-order valence-corrected chi connectivity index (χ1v) is 8.20. The normalized spacial score (nSPS) is 10.7. The Balaban J connectivity index is 1.59. The van der Waals surface area contributed by atoms with E-state index >= 15 is 0 Å². The van der Waals surface area contributed by atoms with Crippen LogP contribution in [0.5, 0.6) is 0 Å². The number of nitrogens with zero attached hydrogens (tertiary/aromatic N) is 2. The van der Waals surface area contributed by atoms with Crippen molar-refractivity contribution >= 4 is 17.6 Å². The Hall–Kier alpha value is -2.66. The Morgan fingerprint density at radius 3 is 2.72 bits per heavy atom. The van der Waals surface area contributed by atoms with Crippen molar-refractivity contribution in [2.24, 2.45) is 0 Å². The Morgan fingerprint density at radius 1 is 1.16 bits per heavy atom. The average molecular weight is 357 g/mol. The largest absolute Gasteiger partial charge is 0.455 e. The van der Waals surface area contributed by atoms with Crippen molar-refractivity contribution in [3.8, 4) is 11.4 Å². The van der Waals surface area contributed by atoms with E-state index in [1.807, 2.05) is 44.2 Å². The van der Waals surface area contributed by atoms with E-state index in [2.05, 4.69) is 10.1 Å². The fourth-order valence-corrected chi connectivity index (χ4v) is 2.56. The maximum absolute atomic E-state index is 12.0. The molecule has 25 heavy (non-hydrogen) atoms. The molecule has 0 spiro atoms. The molecule has 1 aromatic heterocycles. The molecule has 0 aliphatic heterocycles. The van der Waals surface area contributed by atoms with Crippen LogP contribution < -0.4 is 0 Å². The van der Waals surface area contributed by atoms with E-state index in [0.717, 1.165) is 11.1 Å². The van der Waals surface area contributed by atoms with Gasteiger partial charge in [0.15, 0.2) is 6.61 Å². The molecule has 5 nitrogen and oxygen atoms in total. The van der Waals surface area contributed by atoms with E-state index in [1.54, 1.807) is 12.1 Å². The molecule has 6 heteroatoms. The predicted molar refractivity (Wildman–Crippen MR) is 94.2 cm³/mol. The molecule has 128 valence electrons. The van der Waals surface area contributed by atoms with Gasteiger partial charge in [0.25, 0.3) is 5.89 Å². The first-order chi connectivity index (χ1) is 12.0. The highest BCUT2D eigenvalue weighted by Crippen LogP contribution is 2.24. The van der Waals surface area contributed by atoms with Gasteiger partial charge in [-0.2, -0.15) is 4.98 Å². The minimum atomic E-state index is -0.347. The second-order valence-corrected chi connectivity index (χ2v) is 6.15. The summed E-state index contributed by atoms with van der Waals surface area (Å²) in [5.74, 6) is 0.245. The minimum Gasteiger partial charge on any atom is -0.455 e. The van der Waals surface area contributed by atoms with Gasteiger partial charge >= 0.3 is 5.97 Å². The zero-order chi connectivity index (χ0) is 17.8. The van der Waals surface area contributed by atoms with Crippen molar-refractivity contribution in [1.82, 2.24) is 10.1 Å². The summed E-state index contributed by atoms with van der Waals surface area (Å²) in [5.41, 5.74) is 3.91. The molecule has 0 N–H and O–H groups in total. The van der Waals surface area contributed by atoms with Gasteiger partial charge < -0.3 is 9.26 Å². The number of rotatable bonds is 5. The fraction of sp³-hybridized carbons (Fsp3) is 0.211. The van der Waals surface area contributed by atoms with Crippen LogP contribution in [0.15, 0.2) is 47.0 Å². The number of hydrogen-bond donors (Lipinski definition) is 0. The smallest absolute Gasteiger partial charge is 0.310 e. The van der Waals surface area contributed by atoms with Gasteiger partial charge in [-0.05, 0) is 42.7 Å². The average Bonchev–Trinajstić information content (AvgIpc) is 3.05. The Kier molecular flexibility index (Phi) is 5.14. The standard InChI is InChI=1S/C19H17ClN2O3/c1-12-7-8-14(9-13(12)2)10-18(23)24-11-17-21-19(22-25-17)15-5-3-4-6-16(15)20/h3-9H,10-11H2,1-2H3. The minimum absolute atomic E-state index is 0.0683. The highest BCUT2D eigenvalue weighted by molar-refractivity contribution is 6.33. The van der Waals surface area contributed by atoms with E-state index in [1.165, 1.54) is 5.56 Å². The van der Waals surface area contributed by atoms with E-state index < -0.39 is 0 Å². The molecule has 3 aromatic rings. The molecule has 0 bridgehead atoms. The number of carbonyl (C=O) groups is 1. The molecular formula is C19H17ClN2O3. The van der Waals surface area contributed by atoms with Crippen LogP contribution in [0.4, 0.5) is 0 Å². The summed E-state index contributed by atoms with van der Waals surface area (Å²) in [5, 5.41) is 4.40. The quantitative estimate of drug-likeness (QED) is 0.638. The van der Waals surface area contributed by atoms with Gasteiger partial charge in [0.05, 0.1) is 11.4 Å². The van der Waals surface area contributed by atoms with E-state index in [-0.39, 0.29) is 24.9 Å². The van der Waals surface area contributed by atoms with E-state index in [0.29, 0.717) is 16.4 Å². The molecular weight excluding hydrogens is 340 g/mol. The van der Waals surface area contributed by atoms with Crippen LogP contribution in [-0.4, -0.2) is 16.1 Å². The molecule has 1 heterocycles. The van der Waals surface area contributed by atoms with Crippen LogP contribution >= 0.6 is 11.6 Å². The summed E-state index contributed by atoms with van der Waals surface area (Å²) in [4.78, 5) is 16.2. The predicted octanol–water partition coefficient (Wildman–Crippen LogP) is 4.29. The number of benzene rings is 2. The lowest BCUT2D eigenvalue weighted by Gasteiger charge is -2.05. The van der Waals surface area contributed by atoms with E-state index in [9.17, 15) is 4.79 Å². The van der Waals surface area contributed by atoms with Crippen LogP contribution in [0.1, 0.15) is 22.6 Å². The van der Waals surface area contributed by atoms with Gasteiger partial charge in [-0.1, -0.05) is 47.1 Å². The lowest BCUT2D eigenvalue weighted by atomic mass is 10.0. The van der Waals surface area contributed by atoms with Crippen LogP contribution in [0, 0.1) is 13.8 Å². The number of carbonyl (C=O) groups excluding carboxylic acids is 1. The molecule has 0 saturated heterocycles. The van der Waals surface area contributed by atoms with Gasteiger partial charge in [0, 0.05) is 5.56 Å². The third-order valence-electron chi connectivity index (χ3n) is 3.86. The van der Waals surface area contributed by atoms with Gasteiger partial charge in [-0.3, -0.25) is 4.79 Å². The highest BCUT2D eigenvalue weighted by Gasteiger charge is 2.13. The topological polar surface area (TPSA) is 65.2 Å². The molecule has 2 aromatic carbocycles. The third kappa shape index (κ3) is 4.25. The van der Waals surface area contributed by atoms with Crippen LogP contribution in [-0.2, 0) is 22.6 Å². The Morgan fingerprint density at radius 2 is 1.96 bits per heavy atom. The molecule has 0 unspecified atom stereocenters. The summed E-state index contributed by atoms with van der Waals surface area (Å²) in [6.07, 6.45) is 0.201. The summed E-state index contributed by atoms with van der Waals surface area (Å²) in [7, 11) is 0. The number of aryl methyl sites for hydroxylation is 2. The second kappa shape index (κ2) is 7.49.